The highest BCUT2D eigenvalue weighted by Gasteiger charge is 2.41. The first-order valence-electron chi connectivity index (χ1n) is 7.77. The summed E-state index contributed by atoms with van der Waals surface area (Å²) >= 11 is 0. The molecule has 2 heteroatoms. The Morgan fingerprint density at radius 1 is 1.22 bits per heavy atom. The maximum Gasteiger partial charge on any atom is 0.0687 e. The van der Waals surface area contributed by atoms with Crippen LogP contribution >= 0.6 is 0 Å². The first-order chi connectivity index (χ1) is 8.41. The molecule has 106 valence electrons. The average molecular weight is 254 g/mol. The van der Waals surface area contributed by atoms with Gasteiger partial charge in [0.05, 0.1) is 17.8 Å². The summed E-state index contributed by atoms with van der Waals surface area (Å²) in [7, 11) is 0. The summed E-state index contributed by atoms with van der Waals surface area (Å²) in [6.45, 7) is 6.33. The Balaban J connectivity index is 1.66. The highest BCUT2D eigenvalue weighted by atomic mass is 16.5. The maximum absolute atomic E-state index is 10.0. The largest absolute Gasteiger partial charge is 0.393 e. The Morgan fingerprint density at radius 3 is 2.50 bits per heavy atom. The van der Waals surface area contributed by atoms with Crippen molar-refractivity contribution in [3.63, 3.8) is 0 Å². The number of hydrogen-bond donors (Lipinski definition) is 1. The molecular weight excluding hydrogens is 224 g/mol. The summed E-state index contributed by atoms with van der Waals surface area (Å²) in [5, 5.41) is 10.0. The molecule has 0 aromatic carbocycles. The van der Waals surface area contributed by atoms with E-state index in [0.29, 0.717) is 6.10 Å². The summed E-state index contributed by atoms with van der Waals surface area (Å²) in [6.07, 6.45) is 11.2. The Labute approximate surface area is 112 Å². The molecule has 18 heavy (non-hydrogen) atoms. The Bertz CT molecular complexity index is 261. The zero-order valence-corrected chi connectivity index (χ0v) is 12.4. The first kappa shape index (κ1) is 14.3. The number of ether oxygens (including phenoxy) is 1. The molecule has 1 N–H and O–H groups in total. The van der Waals surface area contributed by atoms with E-state index < -0.39 is 0 Å². The van der Waals surface area contributed by atoms with Crippen LogP contribution < -0.4 is 0 Å². The lowest BCUT2D eigenvalue weighted by atomic mass is 9.86. The van der Waals surface area contributed by atoms with Crippen LogP contribution in [0.1, 0.15) is 78.6 Å². The molecule has 0 bridgehead atoms. The minimum Gasteiger partial charge on any atom is -0.393 e. The molecule has 0 aromatic heterocycles. The van der Waals surface area contributed by atoms with E-state index in [9.17, 15) is 5.11 Å². The van der Waals surface area contributed by atoms with Crippen LogP contribution in [0.3, 0.4) is 0 Å². The van der Waals surface area contributed by atoms with Gasteiger partial charge in [0.25, 0.3) is 0 Å². The third-order valence-corrected chi connectivity index (χ3v) is 4.86. The van der Waals surface area contributed by atoms with Gasteiger partial charge in [0, 0.05) is 0 Å². The molecule has 2 unspecified atom stereocenters. The molecule has 1 saturated carbocycles. The van der Waals surface area contributed by atoms with Gasteiger partial charge in [-0.15, -0.1) is 0 Å². The Morgan fingerprint density at radius 2 is 1.89 bits per heavy atom. The van der Waals surface area contributed by atoms with Gasteiger partial charge < -0.3 is 9.84 Å². The van der Waals surface area contributed by atoms with Crippen molar-refractivity contribution < 1.29 is 9.84 Å². The topological polar surface area (TPSA) is 29.5 Å². The second-order valence-corrected chi connectivity index (χ2v) is 7.48. The predicted molar refractivity (Wildman–Crippen MR) is 74.6 cm³/mol. The average Bonchev–Trinajstić information content (AvgIpc) is 2.89. The molecule has 1 heterocycles. The van der Waals surface area contributed by atoms with Gasteiger partial charge in [0.15, 0.2) is 0 Å². The highest BCUT2D eigenvalue weighted by molar-refractivity contribution is 4.92. The van der Waals surface area contributed by atoms with Gasteiger partial charge in [-0.3, -0.25) is 0 Å². The van der Waals surface area contributed by atoms with E-state index in [1.807, 2.05) is 0 Å². The number of hydrogen-bond acceptors (Lipinski definition) is 2. The summed E-state index contributed by atoms with van der Waals surface area (Å²) < 4.78 is 6.30. The van der Waals surface area contributed by atoms with Gasteiger partial charge in [-0.05, 0) is 50.4 Å². The Hall–Kier alpha value is -0.0800. The van der Waals surface area contributed by atoms with Crippen LogP contribution in [0.5, 0.6) is 0 Å². The van der Waals surface area contributed by atoms with Crippen LogP contribution in [-0.2, 0) is 4.74 Å². The van der Waals surface area contributed by atoms with Gasteiger partial charge in [-0.25, -0.2) is 0 Å². The van der Waals surface area contributed by atoms with E-state index in [4.69, 9.17) is 4.74 Å². The molecule has 2 fully saturated rings. The zero-order chi connectivity index (χ0) is 13.2. The summed E-state index contributed by atoms with van der Waals surface area (Å²) in [5.74, 6) is 0. The molecule has 1 saturated heterocycles. The van der Waals surface area contributed by atoms with Crippen molar-refractivity contribution in [2.24, 2.45) is 5.41 Å². The first-order valence-corrected chi connectivity index (χ1v) is 7.77. The minimum atomic E-state index is -0.181. The van der Waals surface area contributed by atoms with E-state index in [1.165, 1.54) is 38.5 Å². The van der Waals surface area contributed by atoms with Crippen LogP contribution in [0.15, 0.2) is 0 Å². The van der Waals surface area contributed by atoms with Crippen LogP contribution in [0.2, 0.25) is 0 Å². The fraction of sp³-hybridized carbons (Fsp3) is 1.00. The normalized spacial score (nSPS) is 29.0. The van der Waals surface area contributed by atoms with Crippen LogP contribution in [0.25, 0.3) is 0 Å². The quantitative estimate of drug-likeness (QED) is 0.820. The van der Waals surface area contributed by atoms with Gasteiger partial charge in [-0.1, -0.05) is 33.6 Å². The molecule has 1 aliphatic carbocycles. The summed E-state index contributed by atoms with van der Waals surface area (Å²) in [4.78, 5) is 0. The second kappa shape index (κ2) is 5.50. The third-order valence-electron chi connectivity index (χ3n) is 4.86. The number of rotatable bonds is 4. The van der Waals surface area contributed by atoms with E-state index in [-0.39, 0.29) is 17.1 Å². The summed E-state index contributed by atoms with van der Waals surface area (Å²) in [6, 6.07) is 0. The van der Waals surface area contributed by atoms with Crippen LogP contribution in [-0.4, -0.2) is 22.9 Å². The molecule has 1 spiro atoms. The van der Waals surface area contributed by atoms with E-state index in [2.05, 4.69) is 20.8 Å². The van der Waals surface area contributed by atoms with E-state index in [1.54, 1.807) is 0 Å². The van der Waals surface area contributed by atoms with Gasteiger partial charge >= 0.3 is 0 Å². The van der Waals surface area contributed by atoms with Crippen molar-refractivity contribution in [3.05, 3.63) is 0 Å². The zero-order valence-electron chi connectivity index (χ0n) is 12.4. The maximum atomic E-state index is 10.0. The lowest BCUT2D eigenvalue weighted by molar-refractivity contribution is -0.0414. The van der Waals surface area contributed by atoms with E-state index >= 15 is 0 Å². The van der Waals surface area contributed by atoms with Crippen molar-refractivity contribution in [2.45, 2.75) is 96.4 Å². The Kier molecular flexibility index (Phi) is 4.38. The smallest absolute Gasteiger partial charge is 0.0687 e. The molecule has 1 aliphatic heterocycles. The standard InChI is InChI=1S/C16H30O2/c1-15(2,3)14(17)8-6-7-13-9-12-16(18-13)10-4-5-11-16/h13-14,17H,4-12H2,1-3H3. The lowest BCUT2D eigenvalue weighted by Crippen LogP contribution is -2.27. The summed E-state index contributed by atoms with van der Waals surface area (Å²) in [5.41, 5.74) is 0.288. The van der Waals surface area contributed by atoms with Crippen LogP contribution in [0.4, 0.5) is 0 Å². The van der Waals surface area contributed by atoms with Crippen LogP contribution in [0, 0.1) is 5.41 Å². The molecule has 0 aromatic rings. The third kappa shape index (κ3) is 3.48. The van der Waals surface area contributed by atoms with Gasteiger partial charge in [-0.2, -0.15) is 0 Å². The van der Waals surface area contributed by atoms with Gasteiger partial charge in [0.2, 0.25) is 0 Å². The molecule has 2 nitrogen and oxygen atoms in total. The van der Waals surface area contributed by atoms with Crippen molar-refractivity contribution in [1.82, 2.24) is 0 Å². The fourth-order valence-corrected chi connectivity index (χ4v) is 3.46. The highest BCUT2D eigenvalue weighted by Crippen LogP contribution is 2.44. The molecule has 2 rings (SSSR count). The molecule has 0 amide bonds. The predicted octanol–water partition coefficient (Wildman–Crippen LogP) is 4.06. The van der Waals surface area contributed by atoms with Gasteiger partial charge in [0.1, 0.15) is 0 Å². The molecule has 2 aliphatic rings. The second-order valence-electron chi connectivity index (χ2n) is 7.48. The van der Waals surface area contributed by atoms with Crippen molar-refractivity contribution in [2.75, 3.05) is 0 Å². The fourth-order valence-electron chi connectivity index (χ4n) is 3.46. The minimum absolute atomic E-state index is 0.0171. The number of aliphatic hydroxyl groups excluding tert-OH is 1. The SMILES string of the molecule is CC(C)(C)C(O)CCCC1CCC2(CCCC2)O1. The van der Waals surface area contributed by atoms with Crippen molar-refractivity contribution >= 4 is 0 Å². The van der Waals surface area contributed by atoms with E-state index in [0.717, 1.165) is 19.3 Å². The van der Waals surface area contributed by atoms with Crippen molar-refractivity contribution in [3.8, 4) is 0 Å². The molecule has 0 radical (unpaired) electrons. The van der Waals surface area contributed by atoms with Crippen molar-refractivity contribution in [1.29, 1.82) is 0 Å². The molecule has 2 atom stereocenters. The lowest BCUT2D eigenvalue weighted by Gasteiger charge is -2.27. The molecular formula is C16H30O2. The monoisotopic (exact) mass is 254 g/mol. The number of aliphatic hydroxyl groups is 1.